The van der Waals surface area contributed by atoms with Gasteiger partial charge in [0.15, 0.2) is 5.96 Å². The molecule has 2 aliphatic heterocycles. The first kappa shape index (κ1) is 22.1. The van der Waals surface area contributed by atoms with Crippen molar-refractivity contribution < 1.29 is 9.47 Å². The summed E-state index contributed by atoms with van der Waals surface area (Å²) in [5, 5.41) is 7.97. The van der Waals surface area contributed by atoms with Gasteiger partial charge < -0.3 is 19.7 Å². The van der Waals surface area contributed by atoms with Crippen LogP contribution >= 0.6 is 0 Å². The molecule has 0 amide bonds. The van der Waals surface area contributed by atoms with Gasteiger partial charge in [0.25, 0.3) is 0 Å². The minimum absolute atomic E-state index is 0.0325. The molecule has 0 radical (unpaired) electrons. The van der Waals surface area contributed by atoms with Crippen LogP contribution in [0.15, 0.2) is 17.4 Å². The number of aliphatic imine (C=N–C) groups is 1. The van der Waals surface area contributed by atoms with Crippen LogP contribution in [0.2, 0.25) is 0 Å². The van der Waals surface area contributed by atoms with Crippen molar-refractivity contribution in [3.8, 4) is 0 Å². The molecule has 0 spiro atoms. The average Bonchev–Trinajstić information content (AvgIpc) is 3.21. The minimum Gasteiger partial charge on any atom is -0.379 e. The molecule has 1 aromatic rings. The predicted molar refractivity (Wildman–Crippen MR) is 115 cm³/mol. The Morgan fingerprint density at radius 2 is 2.00 bits per heavy atom. The van der Waals surface area contributed by atoms with Gasteiger partial charge in [0, 0.05) is 58.1 Å². The van der Waals surface area contributed by atoms with Crippen LogP contribution in [0.4, 0.5) is 0 Å². The lowest BCUT2D eigenvalue weighted by Crippen LogP contribution is -2.55. The summed E-state index contributed by atoms with van der Waals surface area (Å²) in [6.45, 7) is 11.6. The van der Waals surface area contributed by atoms with Gasteiger partial charge in [-0.25, -0.2) is 0 Å². The third-order valence-corrected chi connectivity index (χ3v) is 6.25. The molecule has 2 fully saturated rings. The lowest BCUT2D eigenvalue weighted by Gasteiger charge is -2.40. The zero-order valence-electron chi connectivity index (χ0n) is 18.5. The van der Waals surface area contributed by atoms with Gasteiger partial charge >= 0.3 is 0 Å². The number of nitrogens with zero attached hydrogens (tertiary/aromatic N) is 5. The van der Waals surface area contributed by atoms with Crippen molar-refractivity contribution in [2.24, 2.45) is 18.0 Å². The van der Waals surface area contributed by atoms with Crippen LogP contribution < -0.4 is 5.32 Å². The molecule has 0 bridgehead atoms. The Morgan fingerprint density at radius 3 is 2.62 bits per heavy atom. The normalized spacial score (nSPS) is 22.9. The van der Waals surface area contributed by atoms with Crippen molar-refractivity contribution in [1.29, 1.82) is 0 Å². The Bertz CT molecular complexity index is 639. The highest BCUT2D eigenvalue weighted by Crippen LogP contribution is 2.22. The van der Waals surface area contributed by atoms with E-state index in [0.717, 1.165) is 57.5 Å². The second-order valence-electron chi connectivity index (χ2n) is 7.97. The summed E-state index contributed by atoms with van der Waals surface area (Å²) in [5.41, 5.74) is 1.12. The molecule has 2 unspecified atom stereocenters. The molecule has 2 saturated heterocycles. The molecule has 29 heavy (non-hydrogen) atoms. The van der Waals surface area contributed by atoms with E-state index in [1.54, 1.807) is 0 Å². The highest BCUT2D eigenvalue weighted by Gasteiger charge is 2.29. The molecule has 3 rings (SSSR count). The monoisotopic (exact) mass is 406 g/mol. The quantitative estimate of drug-likeness (QED) is 0.547. The number of aromatic nitrogens is 2. The zero-order chi connectivity index (χ0) is 20.6. The highest BCUT2D eigenvalue weighted by molar-refractivity contribution is 5.80. The first-order chi connectivity index (χ1) is 14.2. The van der Waals surface area contributed by atoms with Crippen LogP contribution in [0.5, 0.6) is 0 Å². The van der Waals surface area contributed by atoms with Gasteiger partial charge in [-0.1, -0.05) is 26.7 Å². The van der Waals surface area contributed by atoms with E-state index >= 15 is 0 Å². The maximum absolute atomic E-state index is 6.00. The molecule has 3 heterocycles. The molecule has 0 aromatic carbocycles. The van der Waals surface area contributed by atoms with E-state index in [0.29, 0.717) is 18.6 Å². The van der Waals surface area contributed by atoms with Gasteiger partial charge in [-0.3, -0.25) is 14.6 Å². The standard InChI is InChI=1S/C21H38N6O2/c1-5-17(6-2)19(26-7-10-28-11-8-26)14-23-21(22-3)27-9-12-29-20(16-27)18-13-24-25(4)15-18/h13,15,17,19-20H,5-12,14,16H2,1-4H3,(H,22,23). The first-order valence-corrected chi connectivity index (χ1v) is 11.0. The molecular weight excluding hydrogens is 368 g/mol. The van der Waals surface area contributed by atoms with Crippen molar-refractivity contribution in [2.75, 3.05) is 59.6 Å². The number of aryl methyl sites for hydroxylation is 1. The van der Waals surface area contributed by atoms with Crippen LogP contribution in [-0.2, 0) is 16.5 Å². The number of hydrogen-bond acceptors (Lipinski definition) is 5. The van der Waals surface area contributed by atoms with Gasteiger partial charge in [-0.05, 0) is 5.92 Å². The molecule has 8 nitrogen and oxygen atoms in total. The predicted octanol–water partition coefficient (Wildman–Crippen LogP) is 1.51. The van der Waals surface area contributed by atoms with E-state index in [1.165, 1.54) is 12.8 Å². The summed E-state index contributed by atoms with van der Waals surface area (Å²) in [4.78, 5) is 9.49. The second-order valence-corrected chi connectivity index (χ2v) is 7.97. The Balaban J connectivity index is 1.62. The largest absolute Gasteiger partial charge is 0.379 e. The molecule has 0 aliphatic carbocycles. The van der Waals surface area contributed by atoms with Gasteiger partial charge in [0.1, 0.15) is 6.10 Å². The number of nitrogens with one attached hydrogen (secondary N) is 1. The van der Waals surface area contributed by atoms with E-state index in [4.69, 9.17) is 9.47 Å². The molecule has 8 heteroatoms. The van der Waals surface area contributed by atoms with Crippen molar-refractivity contribution in [3.63, 3.8) is 0 Å². The van der Waals surface area contributed by atoms with E-state index < -0.39 is 0 Å². The van der Waals surface area contributed by atoms with Crippen LogP contribution in [0.3, 0.4) is 0 Å². The maximum Gasteiger partial charge on any atom is 0.193 e. The highest BCUT2D eigenvalue weighted by atomic mass is 16.5. The average molecular weight is 407 g/mol. The molecule has 0 saturated carbocycles. The van der Waals surface area contributed by atoms with Crippen LogP contribution in [0.25, 0.3) is 0 Å². The van der Waals surface area contributed by atoms with Crippen molar-refractivity contribution >= 4 is 5.96 Å². The van der Waals surface area contributed by atoms with Crippen LogP contribution in [-0.4, -0.2) is 91.2 Å². The number of hydrogen-bond donors (Lipinski definition) is 1. The van der Waals surface area contributed by atoms with Crippen molar-refractivity contribution in [2.45, 2.75) is 38.8 Å². The third-order valence-electron chi connectivity index (χ3n) is 6.25. The summed E-state index contributed by atoms with van der Waals surface area (Å²) in [6.07, 6.45) is 6.35. The Kier molecular flexibility index (Phi) is 8.32. The zero-order valence-corrected chi connectivity index (χ0v) is 18.5. The molecule has 2 aliphatic rings. The third kappa shape index (κ3) is 5.71. The van der Waals surface area contributed by atoms with Crippen molar-refractivity contribution in [3.05, 3.63) is 18.0 Å². The molecule has 164 valence electrons. The fraction of sp³-hybridized carbons (Fsp3) is 0.810. The lowest BCUT2D eigenvalue weighted by atomic mass is 9.92. The number of rotatable bonds is 7. The summed E-state index contributed by atoms with van der Waals surface area (Å²) in [6, 6.07) is 0.501. The first-order valence-electron chi connectivity index (χ1n) is 11.0. The fourth-order valence-electron chi connectivity index (χ4n) is 4.51. The Morgan fingerprint density at radius 1 is 1.24 bits per heavy atom. The topological polar surface area (TPSA) is 67.2 Å². The molecule has 1 aromatic heterocycles. The summed E-state index contributed by atoms with van der Waals surface area (Å²) in [7, 11) is 3.81. The number of guanidine groups is 1. The van der Waals surface area contributed by atoms with Gasteiger partial charge in [0.05, 0.1) is 32.6 Å². The molecule has 1 N–H and O–H groups in total. The smallest absolute Gasteiger partial charge is 0.193 e. The van der Waals surface area contributed by atoms with E-state index in [2.05, 4.69) is 39.1 Å². The fourth-order valence-corrected chi connectivity index (χ4v) is 4.51. The van der Waals surface area contributed by atoms with Gasteiger partial charge in [0.2, 0.25) is 0 Å². The number of ether oxygens (including phenoxy) is 2. The van der Waals surface area contributed by atoms with Gasteiger partial charge in [-0.15, -0.1) is 0 Å². The number of morpholine rings is 2. The lowest BCUT2D eigenvalue weighted by molar-refractivity contribution is -0.00939. The molecular formula is C21H38N6O2. The summed E-state index contributed by atoms with van der Waals surface area (Å²) in [5.74, 6) is 1.64. The van der Waals surface area contributed by atoms with Gasteiger partial charge in [-0.2, -0.15) is 5.10 Å². The maximum atomic E-state index is 6.00. The molecule has 2 atom stereocenters. The minimum atomic E-state index is 0.0325. The Labute approximate surface area is 175 Å². The second kappa shape index (κ2) is 10.9. The van der Waals surface area contributed by atoms with E-state index in [9.17, 15) is 0 Å². The Hall–Kier alpha value is -1.64. The SMILES string of the molecule is CCC(CC)C(CNC(=NC)N1CCOC(c2cnn(C)c2)C1)N1CCOCC1. The van der Waals surface area contributed by atoms with Crippen molar-refractivity contribution in [1.82, 2.24) is 24.9 Å². The van der Waals surface area contributed by atoms with E-state index in [-0.39, 0.29) is 6.10 Å². The van der Waals surface area contributed by atoms with Crippen LogP contribution in [0, 0.1) is 5.92 Å². The van der Waals surface area contributed by atoms with E-state index in [1.807, 2.05) is 31.2 Å². The summed E-state index contributed by atoms with van der Waals surface area (Å²) >= 11 is 0. The van der Waals surface area contributed by atoms with Crippen LogP contribution in [0.1, 0.15) is 38.4 Å². The summed E-state index contributed by atoms with van der Waals surface area (Å²) < 4.78 is 13.4.